The average Bonchev–Trinajstić information content (AvgIpc) is 2.98. The summed E-state index contributed by atoms with van der Waals surface area (Å²) in [6, 6.07) is 7.77. The third-order valence-electron chi connectivity index (χ3n) is 3.52. The summed E-state index contributed by atoms with van der Waals surface area (Å²) in [6.07, 6.45) is -3.00. The zero-order chi connectivity index (χ0) is 17.0. The Kier molecular flexibility index (Phi) is 5.10. The van der Waals surface area contributed by atoms with E-state index in [9.17, 15) is 18.0 Å². The van der Waals surface area contributed by atoms with Crippen molar-refractivity contribution in [2.24, 2.45) is 0 Å². The van der Waals surface area contributed by atoms with Gasteiger partial charge < -0.3 is 9.73 Å². The summed E-state index contributed by atoms with van der Waals surface area (Å²) in [5, 5.41) is 2.35. The Hall–Kier alpha value is -2.28. The first-order chi connectivity index (χ1) is 10.8. The van der Waals surface area contributed by atoms with Gasteiger partial charge in [-0.2, -0.15) is 13.2 Å². The van der Waals surface area contributed by atoms with Crippen LogP contribution in [0, 0.1) is 0 Å². The number of furan rings is 1. The Morgan fingerprint density at radius 1 is 1.26 bits per heavy atom. The minimum Gasteiger partial charge on any atom is -0.468 e. The van der Waals surface area contributed by atoms with Gasteiger partial charge in [-0.05, 0) is 38.2 Å². The molecule has 1 aromatic carbocycles. The van der Waals surface area contributed by atoms with Gasteiger partial charge in [0.1, 0.15) is 5.76 Å². The van der Waals surface area contributed by atoms with Gasteiger partial charge in [-0.1, -0.05) is 12.1 Å². The van der Waals surface area contributed by atoms with E-state index in [1.165, 1.54) is 24.5 Å². The van der Waals surface area contributed by atoms with Gasteiger partial charge >= 0.3 is 6.18 Å². The second kappa shape index (κ2) is 6.87. The molecule has 0 fully saturated rings. The molecule has 0 unspecified atom stereocenters. The number of anilines is 1. The third kappa shape index (κ3) is 4.35. The van der Waals surface area contributed by atoms with Gasteiger partial charge in [0.05, 0.1) is 30.1 Å². The van der Waals surface area contributed by atoms with Gasteiger partial charge in [0.2, 0.25) is 5.91 Å². The smallest absolute Gasteiger partial charge is 0.418 e. The van der Waals surface area contributed by atoms with Crippen molar-refractivity contribution in [3.05, 3.63) is 54.0 Å². The number of halogens is 3. The Balaban J connectivity index is 2.07. The Bertz CT molecular complexity index is 654. The van der Waals surface area contributed by atoms with Crippen LogP contribution in [0.15, 0.2) is 47.1 Å². The van der Waals surface area contributed by atoms with Crippen LogP contribution in [0.3, 0.4) is 0 Å². The molecule has 1 amide bonds. The van der Waals surface area contributed by atoms with Crippen LogP contribution >= 0.6 is 0 Å². The summed E-state index contributed by atoms with van der Waals surface area (Å²) in [6.45, 7) is 2.00. The van der Waals surface area contributed by atoms with Crippen molar-refractivity contribution in [1.82, 2.24) is 4.90 Å². The maximum Gasteiger partial charge on any atom is 0.418 e. The molecule has 0 saturated heterocycles. The number of likely N-dealkylation sites (N-methyl/N-ethyl adjacent to an activating group) is 1. The van der Waals surface area contributed by atoms with Crippen LogP contribution < -0.4 is 5.32 Å². The van der Waals surface area contributed by atoms with Crippen molar-refractivity contribution in [2.45, 2.75) is 25.7 Å². The van der Waals surface area contributed by atoms with Gasteiger partial charge in [-0.25, -0.2) is 0 Å². The van der Waals surface area contributed by atoms with Crippen LogP contribution in [-0.4, -0.2) is 23.9 Å². The molecule has 1 N–H and O–H groups in total. The fourth-order valence-corrected chi connectivity index (χ4v) is 2.06. The predicted molar refractivity (Wildman–Crippen MR) is 79.7 cm³/mol. The number of rotatable bonds is 5. The van der Waals surface area contributed by atoms with Gasteiger partial charge in [0.15, 0.2) is 0 Å². The molecule has 0 saturated carbocycles. The van der Waals surface area contributed by atoms with Gasteiger partial charge in [0, 0.05) is 0 Å². The van der Waals surface area contributed by atoms with E-state index in [2.05, 4.69) is 5.32 Å². The van der Waals surface area contributed by atoms with Crippen molar-refractivity contribution >= 4 is 11.6 Å². The number of hydrogen-bond acceptors (Lipinski definition) is 3. The lowest BCUT2D eigenvalue weighted by Crippen LogP contribution is -2.39. The summed E-state index contributed by atoms with van der Waals surface area (Å²) in [7, 11) is 1.70. The largest absolute Gasteiger partial charge is 0.468 e. The summed E-state index contributed by atoms with van der Waals surface area (Å²) < 4.78 is 44.0. The first kappa shape index (κ1) is 17.1. The Morgan fingerprint density at radius 2 is 1.96 bits per heavy atom. The predicted octanol–water partition coefficient (Wildman–Crippen LogP) is 3.76. The van der Waals surface area contributed by atoms with Crippen molar-refractivity contribution in [1.29, 1.82) is 0 Å². The molecule has 2 aromatic rings. The standard InChI is InChI=1S/C16H17F3N2O2/c1-11(21(2)10-12-6-5-9-23-12)15(22)20-14-8-4-3-7-13(14)16(17,18)19/h3-9,11H,10H2,1-2H3,(H,20,22)/t11-/m0/s1. The molecule has 0 aliphatic rings. The quantitative estimate of drug-likeness (QED) is 0.910. The molecule has 0 aliphatic carbocycles. The highest BCUT2D eigenvalue weighted by atomic mass is 19.4. The van der Waals surface area contributed by atoms with Gasteiger partial charge in [0.25, 0.3) is 0 Å². The zero-order valence-electron chi connectivity index (χ0n) is 12.7. The van der Waals surface area contributed by atoms with E-state index in [1.54, 1.807) is 31.0 Å². The number of amides is 1. The number of benzene rings is 1. The molecule has 0 aliphatic heterocycles. The SMILES string of the molecule is C[C@@H](C(=O)Nc1ccccc1C(F)(F)F)N(C)Cc1ccco1. The molecule has 23 heavy (non-hydrogen) atoms. The fraction of sp³-hybridized carbons (Fsp3) is 0.312. The number of nitrogens with one attached hydrogen (secondary N) is 1. The van der Waals surface area contributed by atoms with E-state index < -0.39 is 23.7 Å². The maximum absolute atomic E-state index is 12.9. The second-order valence-electron chi connectivity index (χ2n) is 5.20. The molecule has 124 valence electrons. The van der Waals surface area contributed by atoms with E-state index in [0.717, 1.165) is 6.07 Å². The number of para-hydroxylation sites is 1. The average molecular weight is 326 g/mol. The zero-order valence-corrected chi connectivity index (χ0v) is 12.7. The second-order valence-corrected chi connectivity index (χ2v) is 5.20. The molecule has 2 rings (SSSR count). The van der Waals surface area contributed by atoms with E-state index >= 15 is 0 Å². The number of alkyl halides is 3. The molecule has 4 nitrogen and oxygen atoms in total. The number of carbonyl (C=O) groups is 1. The van der Waals surface area contributed by atoms with Gasteiger partial charge in [-0.3, -0.25) is 9.69 Å². The molecule has 7 heteroatoms. The normalized spacial score (nSPS) is 13.1. The lowest BCUT2D eigenvalue weighted by atomic mass is 10.1. The first-order valence-electron chi connectivity index (χ1n) is 6.98. The highest BCUT2D eigenvalue weighted by molar-refractivity contribution is 5.95. The van der Waals surface area contributed by atoms with Crippen molar-refractivity contribution in [3.63, 3.8) is 0 Å². The third-order valence-corrected chi connectivity index (χ3v) is 3.52. The molecular formula is C16H17F3N2O2. The lowest BCUT2D eigenvalue weighted by Gasteiger charge is -2.23. The highest BCUT2D eigenvalue weighted by Gasteiger charge is 2.34. The molecule has 1 atom stereocenters. The molecule has 1 aromatic heterocycles. The van der Waals surface area contributed by atoms with E-state index in [0.29, 0.717) is 12.3 Å². The lowest BCUT2D eigenvalue weighted by molar-refractivity contribution is -0.137. The van der Waals surface area contributed by atoms with E-state index in [-0.39, 0.29) is 5.69 Å². The van der Waals surface area contributed by atoms with Crippen molar-refractivity contribution < 1.29 is 22.4 Å². The first-order valence-corrected chi connectivity index (χ1v) is 6.98. The number of hydrogen-bond donors (Lipinski definition) is 1. The summed E-state index contributed by atoms with van der Waals surface area (Å²) in [5.41, 5.74) is -1.11. The van der Waals surface area contributed by atoms with Crippen molar-refractivity contribution in [3.8, 4) is 0 Å². The molecule has 0 bridgehead atoms. The minimum atomic E-state index is -4.52. The number of nitrogens with zero attached hydrogens (tertiary/aromatic N) is 1. The number of carbonyl (C=O) groups excluding carboxylic acids is 1. The summed E-state index contributed by atoms with van der Waals surface area (Å²) >= 11 is 0. The monoisotopic (exact) mass is 326 g/mol. The molecule has 1 heterocycles. The molecular weight excluding hydrogens is 309 g/mol. The topological polar surface area (TPSA) is 45.5 Å². The summed E-state index contributed by atoms with van der Waals surface area (Å²) in [5.74, 6) is 0.151. The van der Waals surface area contributed by atoms with E-state index in [1.807, 2.05) is 0 Å². The van der Waals surface area contributed by atoms with Gasteiger partial charge in [-0.15, -0.1) is 0 Å². The Morgan fingerprint density at radius 3 is 2.57 bits per heavy atom. The van der Waals surface area contributed by atoms with E-state index in [4.69, 9.17) is 4.42 Å². The van der Waals surface area contributed by atoms with Crippen LogP contribution in [-0.2, 0) is 17.5 Å². The maximum atomic E-state index is 12.9. The van der Waals surface area contributed by atoms with Crippen LogP contribution in [0.1, 0.15) is 18.2 Å². The van der Waals surface area contributed by atoms with Crippen LogP contribution in [0.5, 0.6) is 0 Å². The summed E-state index contributed by atoms with van der Waals surface area (Å²) in [4.78, 5) is 13.9. The van der Waals surface area contributed by atoms with Crippen LogP contribution in [0.4, 0.5) is 18.9 Å². The van der Waals surface area contributed by atoms with Crippen LogP contribution in [0.25, 0.3) is 0 Å². The Labute approximate surface area is 131 Å². The molecule has 0 radical (unpaired) electrons. The van der Waals surface area contributed by atoms with Crippen molar-refractivity contribution in [2.75, 3.05) is 12.4 Å². The van der Waals surface area contributed by atoms with Crippen LogP contribution in [0.2, 0.25) is 0 Å². The highest BCUT2D eigenvalue weighted by Crippen LogP contribution is 2.34. The minimum absolute atomic E-state index is 0.247. The molecule has 0 spiro atoms. The fourth-order valence-electron chi connectivity index (χ4n) is 2.06.